The van der Waals surface area contributed by atoms with Crippen LogP contribution in [0.2, 0.25) is 13.1 Å². The molecule has 0 bridgehead atoms. The Bertz CT molecular complexity index is 596. The summed E-state index contributed by atoms with van der Waals surface area (Å²) in [5.41, 5.74) is 1.13. The summed E-state index contributed by atoms with van der Waals surface area (Å²) in [6.45, 7) is 7.83. The first kappa shape index (κ1) is 19.7. The molecular weight excluding hydrogens is 328 g/mol. The van der Waals surface area contributed by atoms with Crippen molar-refractivity contribution in [2.75, 3.05) is 6.61 Å². The van der Waals surface area contributed by atoms with Crippen molar-refractivity contribution in [3.63, 3.8) is 0 Å². The summed E-state index contributed by atoms with van der Waals surface area (Å²) in [5, 5.41) is 0. The monoisotopic (exact) mass is 358 g/mol. The fourth-order valence-electron chi connectivity index (χ4n) is 2.42. The fourth-order valence-corrected chi connectivity index (χ4v) is 3.66. The van der Waals surface area contributed by atoms with E-state index in [4.69, 9.17) is 13.6 Å². The van der Waals surface area contributed by atoms with E-state index in [1.54, 1.807) is 0 Å². The Morgan fingerprint density at radius 3 is 2.12 bits per heavy atom. The minimum atomic E-state index is -2.05. The van der Waals surface area contributed by atoms with E-state index in [-0.39, 0.29) is 0 Å². The fraction of sp³-hybridized carbons (Fsp3) is 0.429. The van der Waals surface area contributed by atoms with Crippen LogP contribution in [0.15, 0.2) is 54.6 Å². The van der Waals surface area contributed by atoms with Gasteiger partial charge in [-0.1, -0.05) is 56.5 Å². The van der Waals surface area contributed by atoms with E-state index in [0.717, 1.165) is 30.1 Å². The van der Waals surface area contributed by atoms with Crippen LogP contribution < -0.4 is 4.74 Å². The molecule has 0 heterocycles. The molecule has 0 amide bonds. The van der Waals surface area contributed by atoms with Crippen molar-refractivity contribution in [2.24, 2.45) is 0 Å². The van der Waals surface area contributed by atoms with Crippen molar-refractivity contribution >= 4 is 8.56 Å². The Balaban J connectivity index is 1.74. The van der Waals surface area contributed by atoms with Crippen LogP contribution in [0.25, 0.3) is 0 Å². The largest absolute Gasteiger partial charge is 0.457 e. The lowest BCUT2D eigenvalue weighted by Crippen LogP contribution is -2.35. The summed E-state index contributed by atoms with van der Waals surface area (Å²) in [6, 6.07) is 17.8. The Morgan fingerprint density at radius 2 is 1.44 bits per heavy atom. The van der Waals surface area contributed by atoms with Crippen molar-refractivity contribution in [3.8, 4) is 11.5 Å². The minimum Gasteiger partial charge on any atom is -0.457 e. The third kappa shape index (κ3) is 7.86. The predicted molar refractivity (Wildman–Crippen MR) is 105 cm³/mol. The Morgan fingerprint density at radius 1 is 0.760 bits per heavy atom. The van der Waals surface area contributed by atoms with Gasteiger partial charge in [-0.25, -0.2) is 0 Å². The van der Waals surface area contributed by atoms with Crippen LogP contribution in [0.1, 0.15) is 38.2 Å². The van der Waals surface area contributed by atoms with Gasteiger partial charge in [0.25, 0.3) is 0 Å². The van der Waals surface area contributed by atoms with Crippen molar-refractivity contribution < 1.29 is 13.6 Å². The normalized spacial score (nSPS) is 11.5. The lowest BCUT2D eigenvalue weighted by Gasteiger charge is -2.23. The van der Waals surface area contributed by atoms with Gasteiger partial charge in [-0.15, -0.1) is 0 Å². The van der Waals surface area contributed by atoms with Crippen molar-refractivity contribution in [1.82, 2.24) is 0 Å². The van der Waals surface area contributed by atoms with Gasteiger partial charge in [0.15, 0.2) is 0 Å². The quantitative estimate of drug-likeness (QED) is 0.349. The highest BCUT2D eigenvalue weighted by Gasteiger charge is 2.24. The molecule has 0 atom stereocenters. The van der Waals surface area contributed by atoms with Gasteiger partial charge >= 0.3 is 8.56 Å². The molecule has 0 aliphatic heterocycles. The maximum absolute atomic E-state index is 6.06. The first-order valence-corrected chi connectivity index (χ1v) is 12.0. The molecule has 0 spiro atoms. The van der Waals surface area contributed by atoms with Crippen LogP contribution in [0, 0.1) is 0 Å². The summed E-state index contributed by atoms with van der Waals surface area (Å²) in [7, 11) is -2.05. The number of unbranched alkanes of at least 4 members (excludes halogenated alkanes) is 3. The molecule has 2 aromatic carbocycles. The molecule has 0 fully saturated rings. The molecule has 0 unspecified atom stereocenters. The number of hydrogen-bond donors (Lipinski definition) is 0. The second-order valence-electron chi connectivity index (χ2n) is 6.66. The van der Waals surface area contributed by atoms with Gasteiger partial charge in [0.05, 0.1) is 6.61 Å². The molecule has 25 heavy (non-hydrogen) atoms. The van der Waals surface area contributed by atoms with Gasteiger partial charge in [-0.3, -0.25) is 0 Å². The number of benzene rings is 2. The van der Waals surface area contributed by atoms with Crippen LogP contribution in [0.4, 0.5) is 0 Å². The zero-order chi connectivity index (χ0) is 18.0. The van der Waals surface area contributed by atoms with Crippen molar-refractivity contribution in [2.45, 2.75) is 52.3 Å². The highest BCUT2D eigenvalue weighted by atomic mass is 28.4. The average Bonchev–Trinajstić information content (AvgIpc) is 2.62. The molecule has 2 aromatic rings. The molecular formula is C21H30O3Si. The van der Waals surface area contributed by atoms with Crippen molar-refractivity contribution in [3.05, 3.63) is 60.2 Å². The van der Waals surface area contributed by atoms with Gasteiger partial charge in [0.2, 0.25) is 0 Å². The minimum absolute atomic E-state index is 0.583. The molecule has 2 rings (SSSR count). The maximum Gasteiger partial charge on any atom is 0.332 e. The number of para-hydroxylation sites is 1. The zero-order valence-electron chi connectivity index (χ0n) is 15.7. The summed E-state index contributed by atoms with van der Waals surface area (Å²) in [4.78, 5) is 0. The third-order valence-electron chi connectivity index (χ3n) is 3.94. The van der Waals surface area contributed by atoms with E-state index < -0.39 is 8.56 Å². The summed E-state index contributed by atoms with van der Waals surface area (Å²) in [5.74, 6) is 1.68. The topological polar surface area (TPSA) is 27.7 Å². The third-order valence-corrected chi connectivity index (χ3v) is 5.68. The van der Waals surface area contributed by atoms with E-state index in [1.165, 1.54) is 19.3 Å². The van der Waals surface area contributed by atoms with Gasteiger partial charge in [-0.2, -0.15) is 0 Å². The molecule has 4 heteroatoms. The number of ether oxygens (including phenoxy) is 1. The maximum atomic E-state index is 6.06. The first-order valence-electron chi connectivity index (χ1n) is 9.19. The van der Waals surface area contributed by atoms with Crippen LogP contribution in [0.3, 0.4) is 0 Å². The molecule has 0 aliphatic rings. The van der Waals surface area contributed by atoms with Crippen LogP contribution in [0.5, 0.6) is 11.5 Å². The van der Waals surface area contributed by atoms with E-state index in [9.17, 15) is 0 Å². The van der Waals surface area contributed by atoms with Gasteiger partial charge in [-0.05, 0) is 49.3 Å². The Hall–Kier alpha value is -1.62. The highest BCUT2D eigenvalue weighted by Crippen LogP contribution is 2.22. The molecule has 0 radical (unpaired) electrons. The van der Waals surface area contributed by atoms with Crippen molar-refractivity contribution in [1.29, 1.82) is 0 Å². The zero-order valence-corrected chi connectivity index (χ0v) is 16.7. The van der Waals surface area contributed by atoms with E-state index in [2.05, 4.69) is 20.0 Å². The van der Waals surface area contributed by atoms with E-state index in [1.807, 2.05) is 54.6 Å². The highest BCUT2D eigenvalue weighted by molar-refractivity contribution is 6.64. The number of hydrogen-bond acceptors (Lipinski definition) is 3. The number of rotatable bonds is 11. The molecule has 0 saturated carbocycles. The SMILES string of the molecule is CCCCCCO[Si](C)(C)OCc1ccc(Oc2ccccc2)cc1. The lowest BCUT2D eigenvalue weighted by molar-refractivity contribution is 0.168. The smallest absolute Gasteiger partial charge is 0.332 e. The molecule has 0 aliphatic carbocycles. The predicted octanol–water partition coefficient (Wildman–Crippen LogP) is 6.29. The molecule has 136 valence electrons. The first-order chi connectivity index (χ1) is 12.1. The van der Waals surface area contributed by atoms with Gasteiger partial charge in [0.1, 0.15) is 11.5 Å². The second-order valence-corrected chi connectivity index (χ2v) is 10.0. The molecule has 0 saturated heterocycles. The van der Waals surface area contributed by atoms with E-state index in [0.29, 0.717) is 6.61 Å². The Labute approximate surface area is 153 Å². The molecule has 0 N–H and O–H groups in total. The van der Waals surface area contributed by atoms with Crippen LogP contribution in [-0.2, 0) is 15.5 Å². The molecule has 0 aromatic heterocycles. The molecule has 3 nitrogen and oxygen atoms in total. The van der Waals surface area contributed by atoms with Crippen LogP contribution >= 0.6 is 0 Å². The van der Waals surface area contributed by atoms with Gasteiger partial charge < -0.3 is 13.6 Å². The Kier molecular flexibility index (Phi) is 8.18. The summed E-state index contributed by atoms with van der Waals surface area (Å²) < 4.78 is 17.9. The standard InChI is InChI=1S/C21H30O3Si/c1-4-5-6-10-17-22-25(2,3)23-18-19-13-15-21(16-14-19)24-20-11-8-7-9-12-20/h7-9,11-16H,4-6,10,17-18H2,1-3H3. The second kappa shape index (κ2) is 10.4. The lowest BCUT2D eigenvalue weighted by atomic mass is 10.2. The van der Waals surface area contributed by atoms with Gasteiger partial charge in [0, 0.05) is 6.61 Å². The van der Waals surface area contributed by atoms with E-state index >= 15 is 0 Å². The van der Waals surface area contributed by atoms with Crippen LogP contribution in [-0.4, -0.2) is 15.2 Å². The summed E-state index contributed by atoms with van der Waals surface area (Å²) >= 11 is 0. The average molecular weight is 359 g/mol. The summed E-state index contributed by atoms with van der Waals surface area (Å²) in [6.07, 6.45) is 4.90.